The third-order valence-corrected chi connectivity index (χ3v) is 3.20. The number of anilines is 1. The number of nitrogens with two attached hydrogens (primary N) is 1. The zero-order valence-corrected chi connectivity index (χ0v) is 15.2. The Labute approximate surface area is 152 Å². The molecule has 4 N–H and O–H groups in total. The van der Waals surface area contributed by atoms with Crippen LogP contribution in [-0.2, 0) is 30.3 Å². The highest BCUT2D eigenvalue weighted by molar-refractivity contribution is 6.37. The molecule has 1 aromatic rings. The first-order valence-electron chi connectivity index (χ1n) is 8.22. The molecule has 1 atom stereocenters. The molecule has 0 spiro atoms. The minimum Gasteiger partial charge on any atom is -0.453 e. The molecule has 0 fully saturated rings. The van der Waals surface area contributed by atoms with E-state index >= 15 is 0 Å². The summed E-state index contributed by atoms with van der Waals surface area (Å²) in [6, 6.07) is 6.00. The van der Waals surface area contributed by atoms with Crippen molar-refractivity contribution < 1.29 is 23.9 Å². The number of aldehydes is 1. The van der Waals surface area contributed by atoms with Gasteiger partial charge in [0, 0.05) is 18.7 Å². The molecule has 0 saturated carbocycles. The van der Waals surface area contributed by atoms with Gasteiger partial charge in [-0.3, -0.25) is 9.59 Å². The first kappa shape index (κ1) is 21.3. The largest absolute Gasteiger partial charge is 0.453 e. The number of rotatable bonds is 7. The number of ether oxygens (including phenoxy) is 1. The van der Waals surface area contributed by atoms with Crippen molar-refractivity contribution in [3.05, 3.63) is 29.8 Å². The van der Waals surface area contributed by atoms with Gasteiger partial charge in [0.1, 0.15) is 11.9 Å². The van der Waals surface area contributed by atoms with Gasteiger partial charge in [0.25, 0.3) is 0 Å². The van der Waals surface area contributed by atoms with Crippen LogP contribution >= 0.6 is 0 Å². The molecule has 0 bridgehead atoms. The molecule has 0 aliphatic rings. The van der Waals surface area contributed by atoms with Gasteiger partial charge in [0.2, 0.25) is 5.91 Å². The van der Waals surface area contributed by atoms with Crippen LogP contribution in [0.15, 0.2) is 24.3 Å². The van der Waals surface area contributed by atoms with Gasteiger partial charge >= 0.3 is 11.9 Å². The molecule has 142 valence electrons. The topological polar surface area (TPSA) is 128 Å². The molecule has 0 radical (unpaired) electrons. The van der Waals surface area contributed by atoms with Gasteiger partial charge in [-0.1, -0.05) is 12.1 Å². The van der Waals surface area contributed by atoms with Crippen LogP contribution in [0.3, 0.4) is 0 Å². The SMILES string of the molecule is CC(C)(C)OC(=O)C(=O)Nc1ccc(CCNC(=O)[C@@H](N)CC=O)cc1. The maximum Gasteiger partial charge on any atom is 0.397 e. The van der Waals surface area contributed by atoms with Crippen molar-refractivity contribution in [3.63, 3.8) is 0 Å². The van der Waals surface area contributed by atoms with Crippen molar-refractivity contribution in [1.29, 1.82) is 0 Å². The first-order chi connectivity index (χ1) is 12.1. The Morgan fingerprint density at radius 2 is 1.81 bits per heavy atom. The number of esters is 1. The summed E-state index contributed by atoms with van der Waals surface area (Å²) < 4.78 is 4.98. The zero-order chi connectivity index (χ0) is 19.7. The molecule has 0 aliphatic heterocycles. The first-order valence-corrected chi connectivity index (χ1v) is 8.22. The molecule has 0 saturated heterocycles. The highest BCUT2D eigenvalue weighted by atomic mass is 16.6. The third kappa shape index (κ3) is 7.89. The minimum absolute atomic E-state index is 0.0160. The Morgan fingerprint density at radius 3 is 2.35 bits per heavy atom. The fraction of sp³-hybridized carbons (Fsp3) is 0.444. The van der Waals surface area contributed by atoms with E-state index in [0.29, 0.717) is 24.9 Å². The average Bonchev–Trinajstić information content (AvgIpc) is 2.55. The number of amides is 2. The summed E-state index contributed by atoms with van der Waals surface area (Å²) in [6.45, 7) is 5.40. The van der Waals surface area contributed by atoms with Gasteiger partial charge in [-0.25, -0.2) is 4.79 Å². The van der Waals surface area contributed by atoms with E-state index in [-0.39, 0.29) is 12.3 Å². The van der Waals surface area contributed by atoms with Crippen LogP contribution in [0, 0.1) is 0 Å². The Balaban J connectivity index is 2.46. The Hall–Kier alpha value is -2.74. The summed E-state index contributed by atoms with van der Waals surface area (Å²) in [5.41, 5.74) is 6.16. The molecule has 0 heterocycles. The van der Waals surface area contributed by atoms with Gasteiger partial charge in [-0.2, -0.15) is 0 Å². The maximum atomic E-state index is 11.8. The summed E-state index contributed by atoms with van der Waals surface area (Å²) in [5.74, 6) is -2.17. The van der Waals surface area contributed by atoms with Crippen LogP contribution in [0.1, 0.15) is 32.8 Å². The number of nitrogens with one attached hydrogen (secondary N) is 2. The van der Waals surface area contributed by atoms with Gasteiger partial charge in [0.05, 0.1) is 6.04 Å². The summed E-state index contributed by atoms with van der Waals surface area (Å²) in [4.78, 5) is 45.3. The predicted molar refractivity (Wildman–Crippen MR) is 96.3 cm³/mol. The zero-order valence-electron chi connectivity index (χ0n) is 15.2. The number of hydrogen-bond acceptors (Lipinski definition) is 6. The second-order valence-electron chi connectivity index (χ2n) is 6.70. The molecule has 8 heteroatoms. The van der Waals surface area contributed by atoms with Crippen molar-refractivity contribution in [2.24, 2.45) is 5.73 Å². The average molecular weight is 363 g/mol. The quantitative estimate of drug-likeness (QED) is 0.369. The fourth-order valence-electron chi connectivity index (χ4n) is 1.93. The molecule has 8 nitrogen and oxygen atoms in total. The van der Waals surface area contributed by atoms with Crippen molar-refractivity contribution >= 4 is 29.8 Å². The number of carbonyl (C=O) groups is 4. The predicted octanol–water partition coefficient (Wildman–Crippen LogP) is 0.542. The van der Waals surface area contributed by atoms with E-state index in [9.17, 15) is 19.2 Å². The standard InChI is InChI=1S/C18H25N3O5/c1-18(2,3)26-17(25)16(24)21-13-6-4-12(5-7-13)8-10-20-15(23)14(19)9-11-22/h4-7,11,14H,8-10,19H2,1-3H3,(H,20,23)(H,21,24)/t14-/m0/s1. The van der Waals surface area contributed by atoms with Crippen molar-refractivity contribution in [2.45, 2.75) is 45.3 Å². The molecule has 0 unspecified atom stereocenters. The van der Waals surface area contributed by atoms with Crippen LogP contribution in [0.4, 0.5) is 5.69 Å². The highest BCUT2D eigenvalue weighted by Gasteiger charge is 2.22. The Kier molecular flexibility index (Phi) is 7.92. The number of carbonyl (C=O) groups excluding carboxylic acids is 4. The van der Waals surface area contributed by atoms with Gasteiger partial charge in [-0.05, 0) is 44.9 Å². The maximum absolute atomic E-state index is 11.8. The summed E-state index contributed by atoms with van der Waals surface area (Å²) in [5, 5.41) is 5.11. The van der Waals surface area contributed by atoms with E-state index in [1.807, 2.05) is 0 Å². The smallest absolute Gasteiger partial charge is 0.397 e. The molecule has 1 aromatic carbocycles. The Morgan fingerprint density at radius 1 is 1.19 bits per heavy atom. The highest BCUT2D eigenvalue weighted by Crippen LogP contribution is 2.11. The van der Waals surface area contributed by atoms with Crippen LogP contribution in [-0.4, -0.2) is 42.3 Å². The normalized spacial score (nSPS) is 12.0. The summed E-state index contributed by atoms with van der Waals surface area (Å²) in [6.07, 6.45) is 1.15. The van der Waals surface area contributed by atoms with Gasteiger partial charge < -0.3 is 25.9 Å². The van der Waals surface area contributed by atoms with Gasteiger partial charge in [-0.15, -0.1) is 0 Å². The number of hydrogen-bond donors (Lipinski definition) is 3. The van der Waals surface area contributed by atoms with E-state index in [0.717, 1.165) is 5.56 Å². The van der Waals surface area contributed by atoms with E-state index < -0.39 is 23.5 Å². The second kappa shape index (κ2) is 9.67. The monoisotopic (exact) mass is 363 g/mol. The summed E-state index contributed by atoms with van der Waals surface area (Å²) >= 11 is 0. The van der Waals surface area contributed by atoms with Gasteiger partial charge in [0.15, 0.2) is 0 Å². The molecule has 26 heavy (non-hydrogen) atoms. The van der Waals surface area contributed by atoms with Crippen molar-refractivity contribution in [3.8, 4) is 0 Å². The molecule has 0 aromatic heterocycles. The molecule has 1 rings (SSSR count). The van der Waals surface area contributed by atoms with Crippen LogP contribution in [0.25, 0.3) is 0 Å². The molecular weight excluding hydrogens is 338 g/mol. The van der Waals surface area contributed by atoms with Crippen LogP contribution in [0.2, 0.25) is 0 Å². The molecule has 0 aliphatic carbocycles. The van der Waals surface area contributed by atoms with E-state index in [2.05, 4.69) is 10.6 Å². The second-order valence-corrected chi connectivity index (χ2v) is 6.70. The Bertz CT molecular complexity index is 650. The van der Waals surface area contributed by atoms with Crippen LogP contribution < -0.4 is 16.4 Å². The van der Waals surface area contributed by atoms with Crippen LogP contribution in [0.5, 0.6) is 0 Å². The van der Waals surface area contributed by atoms with E-state index in [4.69, 9.17) is 10.5 Å². The number of benzene rings is 1. The fourth-order valence-corrected chi connectivity index (χ4v) is 1.93. The van der Waals surface area contributed by atoms with Crippen molar-refractivity contribution in [2.75, 3.05) is 11.9 Å². The molecule has 2 amide bonds. The lowest BCUT2D eigenvalue weighted by Gasteiger charge is -2.18. The summed E-state index contributed by atoms with van der Waals surface area (Å²) in [7, 11) is 0. The lowest BCUT2D eigenvalue weighted by Crippen LogP contribution is -2.41. The molecular formula is C18H25N3O5. The third-order valence-electron chi connectivity index (χ3n) is 3.20. The lowest BCUT2D eigenvalue weighted by atomic mass is 10.1. The minimum atomic E-state index is -0.948. The van der Waals surface area contributed by atoms with Crippen molar-refractivity contribution in [1.82, 2.24) is 5.32 Å². The lowest BCUT2D eigenvalue weighted by molar-refractivity contribution is -0.161. The van der Waals surface area contributed by atoms with E-state index in [1.54, 1.807) is 45.0 Å². The van der Waals surface area contributed by atoms with E-state index in [1.165, 1.54) is 0 Å².